The molecule has 1 aromatic heterocycles. The lowest BCUT2D eigenvalue weighted by Crippen LogP contribution is -3.00. The number of aryl methyl sites for hydroxylation is 1. The van der Waals surface area contributed by atoms with Crippen LogP contribution in [0.1, 0.15) is 112 Å². The number of hydrogen-bond acceptors (Lipinski definition) is 2. The normalized spacial score (nSPS) is 10.6. The molecule has 0 spiro atoms. The third-order valence-corrected chi connectivity index (χ3v) is 6.61. The fourth-order valence-electron chi connectivity index (χ4n) is 4.23. The monoisotopic (exact) mass is 594 g/mol. The molecule has 2 aromatic rings. The molecule has 5 heteroatoms. The Bertz CT molecular complexity index is 824. The molecule has 1 aromatic carbocycles. The maximum atomic E-state index is 12.5. The molecule has 1 heterocycles. The highest BCUT2D eigenvalue weighted by Gasteiger charge is 2.10. The molecular weight excluding hydrogens is 547 g/mol. The molecule has 0 saturated heterocycles. The summed E-state index contributed by atoms with van der Waals surface area (Å²) < 4.78 is 8.11. The van der Waals surface area contributed by atoms with E-state index in [2.05, 4.69) is 32.2 Å². The van der Waals surface area contributed by atoms with Crippen molar-refractivity contribution in [2.45, 2.75) is 111 Å². The topological polar surface area (TPSA) is 42.2 Å². The second-order valence-electron chi connectivity index (χ2n) is 9.38. The first-order valence-electron chi connectivity index (χ1n) is 13.6. The van der Waals surface area contributed by atoms with Crippen molar-refractivity contribution >= 4 is 5.91 Å². The summed E-state index contributed by atoms with van der Waals surface area (Å²) in [6, 6.07) is 9.82. The predicted molar refractivity (Wildman–Crippen MR) is 141 cm³/mol. The number of hydrogen-bond donors (Lipinski definition) is 1. The Morgan fingerprint density at radius 3 is 1.97 bits per heavy atom. The summed E-state index contributed by atoms with van der Waals surface area (Å²) >= 11 is 0. The van der Waals surface area contributed by atoms with Crippen molar-refractivity contribution in [3.8, 4) is 5.75 Å². The van der Waals surface area contributed by atoms with Gasteiger partial charge in [0, 0.05) is 18.7 Å². The van der Waals surface area contributed by atoms with E-state index >= 15 is 0 Å². The Morgan fingerprint density at radius 2 is 1.40 bits per heavy atom. The fourth-order valence-corrected chi connectivity index (χ4v) is 4.23. The van der Waals surface area contributed by atoms with Gasteiger partial charge in [0.15, 0.2) is 12.4 Å². The molecule has 196 valence electrons. The van der Waals surface area contributed by atoms with E-state index in [0.717, 1.165) is 36.4 Å². The Kier molecular flexibility index (Phi) is 17.5. The van der Waals surface area contributed by atoms with Crippen molar-refractivity contribution in [1.82, 2.24) is 5.32 Å². The lowest BCUT2D eigenvalue weighted by molar-refractivity contribution is -0.693. The number of carbonyl (C=O) groups is 1. The number of unbranched alkanes of at least 4 members (excludes halogenated alkanes) is 11. The highest BCUT2D eigenvalue weighted by molar-refractivity contribution is 5.93. The molecule has 1 N–H and O–H groups in total. The maximum absolute atomic E-state index is 12.5. The average molecular weight is 595 g/mol. The van der Waals surface area contributed by atoms with E-state index in [1.165, 1.54) is 70.6 Å². The van der Waals surface area contributed by atoms with Crippen LogP contribution in [0.5, 0.6) is 5.75 Å². The zero-order valence-corrected chi connectivity index (χ0v) is 24.4. The Labute approximate surface area is 231 Å². The number of nitrogens with zero attached hydrogens (tertiary/aromatic N) is 1. The first-order valence-corrected chi connectivity index (χ1v) is 13.6. The third kappa shape index (κ3) is 12.8. The highest BCUT2D eigenvalue weighted by Crippen LogP contribution is 2.22. The first kappa shape index (κ1) is 31.4. The van der Waals surface area contributed by atoms with Gasteiger partial charge >= 0.3 is 0 Å². The van der Waals surface area contributed by atoms with Crippen LogP contribution in [0.4, 0.5) is 0 Å². The quantitative estimate of drug-likeness (QED) is 0.159. The maximum Gasteiger partial charge on any atom is 0.252 e. The molecule has 0 atom stereocenters. The largest absolute Gasteiger partial charge is 1.00 e. The molecule has 0 aliphatic carbocycles. The Balaban J connectivity index is 0.00000612. The smallest absolute Gasteiger partial charge is 0.252 e. The van der Waals surface area contributed by atoms with Gasteiger partial charge in [-0.15, -0.1) is 0 Å². The van der Waals surface area contributed by atoms with Gasteiger partial charge in [0.2, 0.25) is 0 Å². The van der Waals surface area contributed by atoms with Crippen molar-refractivity contribution < 1.29 is 38.1 Å². The predicted octanol–water partition coefficient (Wildman–Crippen LogP) is 4.32. The molecule has 0 bridgehead atoms. The number of carbonyl (C=O) groups excluding carboxylic acids is 1. The molecular formula is C30H47IN2O2. The summed E-state index contributed by atoms with van der Waals surface area (Å²) in [4.78, 5) is 12.5. The van der Waals surface area contributed by atoms with Crippen molar-refractivity contribution in [2.75, 3.05) is 6.61 Å². The van der Waals surface area contributed by atoms with Crippen LogP contribution < -0.4 is 38.6 Å². The minimum absolute atomic E-state index is 0. The van der Waals surface area contributed by atoms with Crippen LogP contribution in [-0.4, -0.2) is 12.5 Å². The molecule has 4 nitrogen and oxygen atoms in total. The summed E-state index contributed by atoms with van der Waals surface area (Å²) in [6.07, 6.45) is 20.0. The average Bonchev–Trinajstić information content (AvgIpc) is 2.86. The van der Waals surface area contributed by atoms with Gasteiger partial charge in [-0.25, -0.2) is 4.57 Å². The zero-order valence-electron chi connectivity index (χ0n) is 22.3. The van der Waals surface area contributed by atoms with E-state index in [1.54, 1.807) is 0 Å². The van der Waals surface area contributed by atoms with Gasteiger partial charge in [-0.2, -0.15) is 0 Å². The summed E-state index contributed by atoms with van der Waals surface area (Å²) in [5, 5.41) is 3.03. The van der Waals surface area contributed by atoms with Crippen LogP contribution in [0.3, 0.4) is 0 Å². The number of benzene rings is 1. The van der Waals surface area contributed by atoms with E-state index in [1.807, 2.05) is 41.2 Å². The summed E-state index contributed by atoms with van der Waals surface area (Å²) in [7, 11) is 0. The molecule has 0 unspecified atom stereocenters. The van der Waals surface area contributed by atoms with Crippen molar-refractivity contribution in [3.63, 3.8) is 0 Å². The lowest BCUT2D eigenvalue weighted by atomic mass is 10.1. The van der Waals surface area contributed by atoms with Crippen LogP contribution in [0.2, 0.25) is 0 Å². The van der Waals surface area contributed by atoms with E-state index in [4.69, 9.17) is 4.74 Å². The fraction of sp³-hybridized carbons (Fsp3) is 0.600. The number of aromatic nitrogens is 1. The number of ether oxygens (including phenoxy) is 1. The minimum atomic E-state index is -0.0505. The molecule has 1 amide bonds. The van der Waals surface area contributed by atoms with E-state index in [9.17, 15) is 4.79 Å². The number of nitrogens with one attached hydrogen (secondary N) is 1. The van der Waals surface area contributed by atoms with Crippen molar-refractivity contribution in [2.24, 2.45) is 0 Å². The standard InChI is InChI=1S/C30H46N2O2.HI/c1-4-6-7-8-9-10-11-12-13-14-15-16-24-34-29-19-17-18-28(26(29)3)25-31-30(33)27-20-22-32(5-2)23-21-27;/h17-23H,4-16,24-25H2,1-3H3;1H. The SMILES string of the molecule is CCCCCCCCCCCCCCOc1cccc(CNC(=O)c2cc[n+](CC)cc2)c1C.[I-]. The molecule has 0 aliphatic heterocycles. The number of pyridine rings is 1. The molecule has 0 aliphatic rings. The zero-order chi connectivity index (χ0) is 24.4. The molecule has 0 saturated carbocycles. The van der Waals surface area contributed by atoms with Gasteiger partial charge in [-0.3, -0.25) is 4.79 Å². The van der Waals surface area contributed by atoms with Gasteiger partial charge in [0.1, 0.15) is 12.3 Å². The first-order chi connectivity index (χ1) is 16.7. The number of rotatable bonds is 18. The molecule has 35 heavy (non-hydrogen) atoms. The van der Waals surface area contributed by atoms with Crippen LogP contribution in [0.15, 0.2) is 42.7 Å². The number of amides is 1. The molecule has 2 rings (SSSR count). The van der Waals surface area contributed by atoms with E-state index in [0.29, 0.717) is 12.1 Å². The van der Waals surface area contributed by atoms with Gasteiger partial charge in [0.05, 0.1) is 12.2 Å². The summed E-state index contributed by atoms with van der Waals surface area (Å²) in [6.45, 7) is 8.59. The highest BCUT2D eigenvalue weighted by atomic mass is 127. The summed E-state index contributed by atoms with van der Waals surface area (Å²) in [5.74, 6) is 0.879. The molecule has 0 fully saturated rings. The van der Waals surface area contributed by atoms with Crippen LogP contribution in [0.25, 0.3) is 0 Å². The number of halogens is 1. The van der Waals surface area contributed by atoms with Crippen molar-refractivity contribution in [1.29, 1.82) is 0 Å². The second kappa shape index (κ2) is 19.5. The van der Waals surface area contributed by atoms with Crippen molar-refractivity contribution in [3.05, 3.63) is 59.4 Å². The third-order valence-electron chi connectivity index (χ3n) is 6.61. The van der Waals surface area contributed by atoms with Crippen LogP contribution >= 0.6 is 0 Å². The van der Waals surface area contributed by atoms with Gasteiger partial charge < -0.3 is 34.0 Å². The van der Waals surface area contributed by atoms with E-state index in [-0.39, 0.29) is 29.9 Å². The van der Waals surface area contributed by atoms with Gasteiger partial charge in [-0.1, -0.05) is 89.7 Å². The van der Waals surface area contributed by atoms with E-state index < -0.39 is 0 Å². The Morgan fingerprint density at radius 1 is 0.829 bits per heavy atom. The van der Waals surface area contributed by atoms with Gasteiger partial charge in [-0.05, 0) is 37.5 Å². The molecule has 0 radical (unpaired) electrons. The Hall–Kier alpha value is -1.63. The van der Waals surface area contributed by atoms with Crippen LogP contribution in [0, 0.1) is 6.92 Å². The second-order valence-corrected chi connectivity index (χ2v) is 9.38. The van der Waals surface area contributed by atoms with Crippen LogP contribution in [-0.2, 0) is 13.1 Å². The minimum Gasteiger partial charge on any atom is -1.00 e. The lowest BCUT2D eigenvalue weighted by Gasteiger charge is -2.13. The summed E-state index contributed by atoms with van der Waals surface area (Å²) in [5.41, 5.74) is 2.89. The van der Waals surface area contributed by atoms with Gasteiger partial charge in [0.25, 0.3) is 5.91 Å².